The molecule has 0 aliphatic heterocycles. The number of benzene rings is 2. The standard InChI is InChI=1S/C19H22ClNO/c1-13-3-2-4-14(7-13)8-19(12-22)21-18-10-15-5-6-17(20)9-16(15)11-18/h2-7,9,18-19,21-22H,8,10-12H2,1H3. The molecule has 3 heteroatoms. The van der Waals surface area contributed by atoms with Crippen LogP contribution < -0.4 is 5.32 Å². The van der Waals surface area contributed by atoms with Gasteiger partial charge >= 0.3 is 0 Å². The van der Waals surface area contributed by atoms with Gasteiger partial charge in [-0.15, -0.1) is 0 Å². The van der Waals surface area contributed by atoms with Crippen molar-refractivity contribution in [2.45, 2.75) is 38.3 Å². The van der Waals surface area contributed by atoms with Gasteiger partial charge in [-0.1, -0.05) is 47.5 Å². The quantitative estimate of drug-likeness (QED) is 0.887. The molecule has 0 radical (unpaired) electrons. The van der Waals surface area contributed by atoms with Crippen LogP contribution in [-0.4, -0.2) is 23.8 Å². The Morgan fingerprint density at radius 2 is 2.00 bits per heavy atom. The fourth-order valence-electron chi connectivity index (χ4n) is 3.34. The molecule has 3 rings (SSSR count). The minimum Gasteiger partial charge on any atom is -0.395 e. The van der Waals surface area contributed by atoms with Gasteiger partial charge < -0.3 is 10.4 Å². The lowest BCUT2D eigenvalue weighted by Crippen LogP contribution is -2.42. The van der Waals surface area contributed by atoms with Crippen molar-refractivity contribution < 1.29 is 5.11 Å². The number of hydrogen-bond acceptors (Lipinski definition) is 2. The number of rotatable bonds is 5. The van der Waals surface area contributed by atoms with Crippen LogP contribution in [0.2, 0.25) is 5.02 Å². The molecule has 1 aliphatic carbocycles. The van der Waals surface area contributed by atoms with Gasteiger partial charge in [-0.05, 0) is 55.0 Å². The van der Waals surface area contributed by atoms with Gasteiger partial charge in [0.2, 0.25) is 0 Å². The predicted molar refractivity (Wildman–Crippen MR) is 91.5 cm³/mol. The van der Waals surface area contributed by atoms with Crippen molar-refractivity contribution in [3.8, 4) is 0 Å². The Morgan fingerprint density at radius 3 is 2.77 bits per heavy atom. The zero-order valence-electron chi connectivity index (χ0n) is 12.8. The lowest BCUT2D eigenvalue weighted by molar-refractivity contribution is 0.231. The molecule has 2 atom stereocenters. The number of aliphatic hydroxyl groups excluding tert-OH is 1. The molecule has 1 aliphatic rings. The largest absolute Gasteiger partial charge is 0.395 e. The van der Waals surface area contributed by atoms with E-state index in [1.165, 1.54) is 22.3 Å². The Kier molecular flexibility index (Phi) is 4.82. The minimum atomic E-state index is 0.0941. The normalized spacial score (nSPS) is 18.2. The fraction of sp³-hybridized carbons (Fsp3) is 0.368. The highest BCUT2D eigenvalue weighted by atomic mass is 35.5. The van der Waals surface area contributed by atoms with Crippen LogP contribution in [0.5, 0.6) is 0 Å². The third kappa shape index (κ3) is 3.70. The minimum absolute atomic E-state index is 0.0941. The Bertz CT molecular complexity index is 656. The topological polar surface area (TPSA) is 32.3 Å². The molecule has 22 heavy (non-hydrogen) atoms. The van der Waals surface area contributed by atoms with E-state index >= 15 is 0 Å². The van der Waals surface area contributed by atoms with E-state index in [0.717, 1.165) is 24.3 Å². The number of fused-ring (bicyclic) bond motifs is 1. The van der Waals surface area contributed by atoms with E-state index < -0.39 is 0 Å². The molecule has 0 spiro atoms. The first-order chi connectivity index (χ1) is 10.6. The summed E-state index contributed by atoms with van der Waals surface area (Å²) in [5.74, 6) is 0. The molecule has 0 saturated carbocycles. The second kappa shape index (κ2) is 6.82. The van der Waals surface area contributed by atoms with Crippen molar-refractivity contribution in [2.75, 3.05) is 6.61 Å². The van der Waals surface area contributed by atoms with Gasteiger partial charge in [0.15, 0.2) is 0 Å². The number of halogens is 1. The highest BCUT2D eigenvalue weighted by Gasteiger charge is 2.23. The van der Waals surface area contributed by atoms with Crippen LogP contribution in [-0.2, 0) is 19.3 Å². The van der Waals surface area contributed by atoms with Crippen LogP contribution in [0.15, 0.2) is 42.5 Å². The first kappa shape index (κ1) is 15.5. The maximum atomic E-state index is 9.69. The molecule has 2 unspecified atom stereocenters. The van der Waals surface area contributed by atoms with E-state index in [4.69, 9.17) is 11.6 Å². The molecule has 0 bridgehead atoms. The summed E-state index contributed by atoms with van der Waals surface area (Å²) in [5, 5.41) is 14.1. The number of aliphatic hydroxyl groups is 1. The fourth-order valence-corrected chi connectivity index (χ4v) is 3.53. The van der Waals surface area contributed by atoms with Crippen LogP contribution in [0.3, 0.4) is 0 Å². The van der Waals surface area contributed by atoms with E-state index in [2.05, 4.69) is 48.6 Å². The maximum Gasteiger partial charge on any atom is 0.0587 e. The van der Waals surface area contributed by atoms with Gasteiger partial charge in [0.1, 0.15) is 0 Å². The van der Waals surface area contributed by atoms with Crippen molar-refractivity contribution in [3.05, 3.63) is 69.7 Å². The van der Waals surface area contributed by atoms with Crippen LogP contribution in [0.4, 0.5) is 0 Å². The lowest BCUT2D eigenvalue weighted by atomic mass is 10.0. The molecular weight excluding hydrogens is 294 g/mol. The molecule has 0 amide bonds. The van der Waals surface area contributed by atoms with E-state index in [-0.39, 0.29) is 12.6 Å². The second-order valence-corrected chi connectivity index (χ2v) is 6.69. The second-order valence-electron chi connectivity index (χ2n) is 6.26. The molecule has 0 heterocycles. The third-order valence-electron chi connectivity index (χ3n) is 4.36. The number of hydrogen-bond donors (Lipinski definition) is 2. The van der Waals surface area contributed by atoms with Crippen LogP contribution >= 0.6 is 11.6 Å². The van der Waals surface area contributed by atoms with E-state index in [1.54, 1.807) is 0 Å². The van der Waals surface area contributed by atoms with Gasteiger partial charge in [0, 0.05) is 17.1 Å². The van der Waals surface area contributed by atoms with Crippen molar-refractivity contribution >= 4 is 11.6 Å². The van der Waals surface area contributed by atoms with Crippen molar-refractivity contribution in [2.24, 2.45) is 0 Å². The predicted octanol–water partition coefficient (Wildman–Crippen LogP) is 3.31. The van der Waals surface area contributed by atoms with Gasteiger partial charge in [-0.2, -0.15) is 0 Å². The summed E-state index contributed by atoms with van der Waals surface area (Å²) >= 11 is 6.07. The molecule has 0 saturated heterocycles. The summed E-state index contributed by atoms with van der Waals surface area (Å²) in [6.07, 6.45) is 2.85. The highest BCUT2D eigenvalue weighted by molar-refractivity contribution is 6.30. The zero-order chi connectivity index (χ0) is 15.5. The van der Waals surface area contributed by atoms with Crippen molar-refractivity contribution in [3.63, 3.8) is 0 Å². The molecule has 116 valence electrons. The van der Waals surface area contributed by atoms with E-state index in [9.17, 15) is 5.11 Å². The summed E-state index contributed by atoms with van der Waals surface area (Å²) in [5.41, 5.74) is 5.23. The summed E-state index contributed by atoms with van der Waals surface area (Å²) in [6, 6.07) is 15.1. The van der Waals surface area contributed by atoms with Crippen LogP contribution in [0, 0.1) is 6.92 Å². The SMILES string of the molecule is Cc1cccc(CC(CO)NC2Cc3ccc(Cl)cc3C2)c1. The average molecular weight is 316 g/mol. The Balaban J connectivity index is 1.62. The Morgan fingerprint density at radius 1 is 1.18 bits per heavy atom. The van der Waals surface area contributed by atoms with Gasteiger partial charge in [0.05, 0.1) is 6.61 Å². The monoisotopic (exact) mass is 315 g/mol. The Hall–Kier alpha value is -1.35. The van der Waals surface area contributed by atoms with Gasteiger partial charge in [-0.3, -0.25) is 0 Å². The van der Waals surface area contributed by atoms with E-state index in [0.29, 0.717) is 6.04 Å². The van der Waals surface area contributed by atoms with Crippen LogP contribution in [0.1, 0.15) is 22.3 Å². The smallest absolute Gasteiger partial charge is 0.0587 e. The molecule has 2 N–H and O–H groups in total. The third-order valence-corrected chi connectivity index (χ3v) is 4.59. The summed E-state index contributed by atoms with van der Waals surface area (Å²) in [6.45, 7) is 2.25. The van der Waals surface area contributed by atoms with Gasteiger partial charge in [-0.25, -0.2) is 0 Å². The van der Waals surface area contributed by atoms with Crippen molar-refractivity contribution in [1.82, 2.24) is 5.32 Å². The molecule has 2 aromatic rings. The maximum absolute atomic E-state index is 9.69. The molecular formula is C19H22ClNO. The summed E-state index contributed by atoms with van der Waals surface area (Å²) < 4.78 is 0. The summed E-state index contributed by atoms with van der Waals surface area (Å²) in [4.78, 5) is 0. The summed E-state index contributed by atoms with van der Waals surface area (Å²) in [7, 11) is 0. The first-order valence-electron chi connectivity index (χ1n) is 7.84. The molecule has 0 fully saturated rings. The molecule has 2 aromatic carbocycles. The van der Waals surface area contributed by atoms with Gasteiger partial charge in [0.25, 0.3) is 0 Å². The average Bonchev–Trinajstić information content (AvgIpc) is 2.88. The number of aryl methyl sites for hydroxylation is 1. The molecule has 2 nitrogen and oxygen atoms in total. The Labute approximate surface area is 137 Å². The lowest BCUT2D eigenvalue weighted by Gasteiger charge is -2.21. The zero-order valence-corrected chi connectivity index (χ0v) is 13.6. The van der Waals surface area contributed by atoms with Crippen molar-refractivity contribution in [1.29, 1.82) is 0 Å². The van der Waals surface area contributed by atoms with Crippen LogP contribution in [0.25, 0.3) is 0 Å². The highest BCUT2D eigenvalue weighted by Crippen LogP contribution is 2.25. The number of nitrogens with one attached hydrogen (secondary N) is 1. The first-order valence-corrected chi connectivity index (χ1v) is 8.21. The molecule has 0 aromatic heterocycles. The van der Waals surface area contributed by atoms with E-state index in [1.807, 2.05) is 6.07 Å².